The summed E-state index contributed by atoms with van der Waals surface area (Å²) in [6, 6.07) is 0. The number of fused-ring (bicyclic) bond motifs is 5. The first kappa shape index (κ1) is 21.4. The van der Waals surface area contributed by atoms with E-state index < -0.39 is 35.5 Å². The minimum absolute atomic E-state index is 0.00371. The molecule has 4 aliphatic carbocycles. The molecule has 0 aromatic carbocycles. The lowest BCUT2D eigenvalue weighted by Gasteiger charge is -2.59. The first-order valence-corrected chi connectivity index (χ1v) is 11.0. The molecule has 0 aromatic rings. The van der Waals surface area contributed by atoms with Gasteiger partial charge in [-0.05, 0) is 55.6 Å². The van der Waals surface area contributed by atoms with E-state index in [-0.39, 0.29) is 34.9 Å². The smallest absolute Gasteiger partial charge is 0.303 e. The number of hydrogen-bond acceptors (Lipinski definition) is 6. The minimum Gasteiger partial charge on any atom is -0.458 e. The van der Waals surface area contributed by atoms with Crippen molar-refractivity contribution in [3.05, 3.63) is 23.8 Å². The third-order valence-corrected chi connectivity index (χ3v) is 8.91. The molecule has 164 valence electrons. The lowest BCUT2D eigenvalue weighted by molar-refractivity contribution is -0.185. The van der Waals surface area contributed by atoms with Crippen LogP contribution in [0.2, 0.25) is 0 Å². The number of ether oxygens (including phenoxy) is 1. The van der Waals surface area contributed by atoms with Crippen LogP contribution in [-0.4, -0.2) is 46.1 Å². The second-order valence-corrected chi connectivity index (χ2v) is 10.3. The Morgan fingerprint density at radius 1 is 1.30 bits per heavy atom. The number of Topliss-reactive ketones (excluding diaryl/α,β-unsaturated/α-hetero) is 1. The van der Waals surface area contributed by atoms with Gasteiger partial charge in [-0.15, -0.1) is 0 Å². The Bertz CT molecular complexity index is 858. The lowest BCUT2D eigenvalue weighted by Crippen LogP contribution is -2.62. The molecule has 6 nitrogen and oxygen atoms in total. The van der Waals surface area contributed by atoms with Crippen molar-refractivity contribution >= 4 is 17.5 Å². The van der Waals surface area contributed by atoms with Crippen molar-refractivity contribution in [2.45, 2.75) is 65.1 Å². The van der Waals surface area contributed by atoms with E-state index in [2.05, 4.69) is 6.92 Å². The van der Waals surface area contributed by atoms with E-state index in [4.69, 9.17) is 4.74 Å². The van der Waals surface area contributed by atoms with E-state index in [0.29, 0.717) is 12.8 Å². The van der Waals surface area contributed by atoms with Crippen molar-refractivity contribution in [1.29, 1.82) is 0 Å². The second-order valence-electron chi connectivity index (χ2n) is 10.3. The molecule has 6 heteroatoms. The molecule has 3 fully saturated rings. The third kappa shape index (κ3) is 2.72. The summed E-state index contributed by atoms with van der Waals surface area (Å²) in [5, 5.41) is 23.1. The zero-order valence-electron chi connectivity index (χ0n) is 18.2. The van der Waals surface area contributed by atoms with Gasteiger partial charge in [-0.3, -0.25) is 14.4 Å². The molecule has 0 aliphatic heterocycles. The fourth-order valence-electron chi connectivity index (χ4n) is 7.53. The van der Waals surface area contributed by atoms with Crippen molar-refractivity contribution in [2.24, 2.45) is 34.5 Å². The van der Waals surface area contributed by atoms with Crippen molar-refractivity contribution in [3.63, 3.8) is 0 Å². The van der Waals surface area contributed by atoms with E-state index in [1.54, 1.807) is 12.2 Å². The van der Waals surface area contributed by atoms with Gasteiger partial charge < -0.3 is 14.9 Å². The fourth-order valence-corrected chi connectivity index (χ4v) is 7.53. The normalized spacial score (nSPS) is 47.1. The van der Waals surface area contributed by atoms with Gasteiger partial charge >= 0.3 is 5.97 Å². The fraction of sp³-hybridized carbons (Fsp3) is 0.708. The van der Waals surface area contributed by atoms with Crippen LogP contribution in [0.4, 0.5) is 0 Å². The van der Waals surface area contributed by atoms with E-state index in [1.165, 1.54) is 6.92 Å². The quantitative estimate of drug-likeness (QED) is 0.685. The number of hydrogen-bond donors (Lipinski definition) is 2. The third-order valence-electron chi connectivity index (χ3n) is 8.91. The van der Waals surface area contributed by atoms with Gasteiger partial charge in [0.1, 0.15) is 5.60 Å². The molecule has 4 rings (SSSR count). The van der Waals surface area contributed by atoms with Gasteiger partial charge in [-0.2, -0.15) is 0 Å². The monoisotopic (exact) mass is 416 g/mol. The predicted molar refractivity (Wildman–Crippen MR) is 109 cm³/mol. The van der Waals surface area contributed by atoms with Crippen LogP contribution < -0.4 is 0 Å². The summed E-state index contributed by atoms with van der Waals surface area (Å²) in [7, 11) is 0. The van der Waals surface area contributed by atoms with Gasteiger partial charge in [0.05, 0.1) is 6.10 Å². The van der Waals surface area contributed by atoms with Crippen LogP contribution in [0.3, 0.4) is 0 Å². The molecule has 30 heavy (non-hydrogen) atoms. The molecule has 0 bridgehead atoms. The van der Waals surface area contributed by atoms with E-state index in [0.717, 1.165) is 18.4 Å². The van der Waals surface area contributed by atoms with Crippen LogP contribution in [0, 0.1) is 34.5 Å². The first-order chi connectivity index (χ1) is 13.9. The largest absolute Gasteiger partial charge is 0.458 e. The second kappa shape index (κ2) is 6.86. The maximum atomic E-state index is 13.1. The number of allylic oxidation sites excluding steroid dienone is 4. The van der Waals surface area contributed by atoms with Crippen molar-refractivity contribution in [1.82, 2.24) is 0 Å². The Morgan fingerprint density at radius 3 is 2.67 bits per heavy atom. The van der Waals surface area contributed by atoms with Crippen molar-refractivity contribution in [2.75, 3.05) is 6.61 Å². The molecule has 8 atom stereocenters. The molecule has 0 saturated heterocycles. The van der Waals surface area contributed by atoms with Crippen LogP contribution in [-0.2, 0) is 19.1 Å². The SMILES string of the molecule is CC(=O)OCC(=O)[C@@]1(O)[C@H](C)C[C@H]2[C@@H]3CCC4=CC(=O)C=C[C@]4(C)C3[C@@H](O)C[C@@]21C. The Labute approximate surface area is 177 Å². The molecule has 1 unspecified atom stereocenters. The maximum absolute atomic E-state index is 13.1. The van der Waals surface area contributed by atoms with Gasteiger partial charge in [0.2, 0.25) is 5.78 Å². The average Bonchev–Trinajstić information content (AvgIpc) is 2.87. The lowest BCUT2D eigenvalue weighted by atomic mass is 9.46. The van der Waals surface area contributed by atoms with Crippen LogP contribution in [0.5, 0.6) is 0 Å². The van der Waals surface area contributed by atoms with Gasteiger partial charge in [0.15, 0.2) is 12.4 Å². The Morgan fingerprint density at radius 2 is 2.00 bits per heavy atom. The highest BCUT2D eigenvalue weighted by atomic mass is 16.5. The number of ketones is 2. The summed E-state index contributed by atoms with van der Waals surface area (Å²) in [5.74, 6) is -1.19. The summed E-state index contributed by atoms with van der Waals surface area (Å²) < 4.78 is 4.93. The number of aliphatic hydroxyl groups excluding tert-OH is 1. The molecule has 0 amide bonds. The summed E-state index contributed by atoms with van der Waals surface area (Å²) in [5.41, 5.74) is -1.75. The van der Waals surface area contributed by atoms with Crippen LogP contribution in [0.25, 0.3) is 0 Å². The van der Waals surface area contributed by atoms with Crippen LogP contribution in [0.1, 0.15) is 53.4 Å². The highest BCUT2D eigenvalue weighted by molar-refractivity contribution is 6.01. The summed E-state index contributed by atoms with van der Waals surface area (Å²) in [6.07, 6.45) is 7.15. The molecule has 0 radical (unpaired) electrons. The van der Waals surface area contributed by atoms with Crippen molar-refractivity contribution in [3.8, 4) is 0 Å². The molecule has 0 heterocycles. The standard InChI is InChI=1S/C24H32O6/c1-13-9-18-17-6-5-15-10-16(26)7-8-22(15,3)21(17)19(27)11-23(18,4)24(13,29)20(28)12-30-14(2)25/h7-8,10,13,17-19,21,27,29H,5-6,9,11-12H2,1-4H3/t13-,17+,18+,19+,21?,22+,23+,24+/m1/s1. The molecule has 0 aromatic heterocycles. The number of carbonyl (C=O) groups excluding carboxylic acids is 3. The number of aliphatic hydroxyl groups is 2. The molecular weight excluding hydrogens is 384 g/mol. The maximum Gasteiger partial charge on any atom is 0.303 e. The number of carbonyl (C=O) groups is 3. The molecule has 4 aliphatic rings. The van der Waals surface area contributed by atoms with Crippen molar-refractivity contribution < 1.29 is 29.3 Å². The first-order valence-electron chi connectivity index (χ1n) is 11.0. The Balaban J connectivity index is 1.70. The predicted octanol–water partition coefficient (Wildman–Crippen LogP) is 2.37. The van der Waals surface area contributed by atoms with E-state index in [1.807, 2.05) is 19.9 Å². The zero-order chi connectivity index (χ0) is 22.1. The minimum atomic E-state index is -1.64. The highest BCUT2D eigenvalue weighted by Crippen LogP contribution is 2.68. The summed E-state index contributed by atoms with van der Waals surface area (Å²) >= 11 is 0. The van der Waals surface area contributed by atoms with Gasteiger partial charge in [0, 0.05) is 23.7 Å². The average molecular weight is 417 g/mol. The van der Waals surface area contributed by atoms with Crippen LogP contribution in [0.15, 0.2) is 23.8 Å². The zero-order valence-corrected chi connectivity index (χ0v) is 18.2. The van der Waals surface area contributed by atoms with Gasteiger partial charge in [0.25, 0.3) is 0 Å². The van der Waals surface area contributed by atoms with E-state index in [9.17, 15) is 24.6 Å². The van der Waals surface area contributed by atoms with Gasteiger partial charge in [-0.1, -0.05) is 32.4 Å². The summed E-state index contributed by atoms with van der Waals surface area (Å²) in [4.78, 5) is 36.2. The van der Waals surface area contributed by atoms with E-state index >= 15 is 0 Å². The molecular formula is C24H32O6. The molecule has 2 N–H and O–H groups in total. The van der Waals surface area contributed by atoms with Gasteiger partial charge in [-0.25, -0.2) is 0 Å². The topological polar surface area (TPSA) is 101 Å². The molecule has 3 saturated carbocycles. The Hall–Kier alpha value is -1.79. The number of rotatable bonds is 3. The highest BCUT2D eigenvalue weighted by Gasteiger charge is 2.70. The van der Waals surface area contributed by atoms with Crippen LogP contribution >= 0.6 is 0 Å². The number of esters is 1. The Kier molecular flexibility index (Phi) is 4.90. The summed E-state index contributed by atoms with van der Waals surface area (Å²) in [6.45, 7) is 6.69. The molecule has 0 spiro atoms.